The first kappa shape index (κ1) is 13.6. The van der Waals surface area contributed by atoms with Gasteiger partial charge in [-0.15, -0.1) is 0 Å². The molecule has 86 valence electrons. The number of rotatable bonds is 7. The van der Waals surface area contributed by atoms with Gasteiger partial charge in [-0.1, -0.05) is 19.1 Å². The van der Waals surface area contributed by atoms with Crippen molar-refractivity contribution in [3.63, 3.8) is 0 Å². The van der Waals surface area contributed by atoms with Crippen LogP contribution in [0.1, 0.15) is 32.6 Å². The van der Waals surface area contributed by atoms with Gasteiger partial charge in [0.2, 0.25) is 6.04 Å². The van der Waals surface area contributed by atoms with E-state index in [0.29, 0.717) is 12.8 Å². The van der Waals surface area contributed by atoms with E-state index in [2.05, 4.69) is 4.74 Å². The van der Waals surface area contributed by atoms with Gasteiger partial charge in [0.05, 0.1) is 13.5 Å². The van der Waals surface area contributed by atoms with Gasteiger partial charge in [0.25, 0.3) is 0 Å². The molecule has 0 saturated carbocycles. The van der Waals surface area contributed by atoms with E-state index < -0.39 is 6.04 Å². The van der Waals surface area contributed by atoms with Gasteiger partial charge < -0.3 is 4.74 Å². The largest absolute Gasteiger partial charge is 0.469 e. The van der Waals surface area contributed by atoms with Crippen molar-refractivity contribution in [2.24, 2.45) is 0 Å². The molecular weight excluding hydrogens is 198 g/mol. The van der Waals surface area contributed by atoms with Crippen molar-refractivity contribution in [1.82, 2.24) is 0 Å². The number of nitro groups is 1. The topological polar surface area (TPSA) is 69.4 Å². The van der Waals surface area contributed by atoms with Crippen molar-refractivity contribution < 1.29 is 14.5 Å². The van der Waals surface area contributed by atoms with E-state index in [-0.39, 0.29) is 17.3 Å². The minimum absolute atomic E-state index is 0.174. The van der Waals surface area contributed by atoms with E-state index >= 15 is 0 Å². The maximum Gasteiger partial charge on any atom is 0.309 e. The van der Waals surface area contributed by atoms with Crippen molar-refractivity contribution in [2.45, 2.75) is 38.6 Å². The second-order valence-corrected chi connectivity index (χ2v) is 3.22. The molecule has 0 heterocycles. The van der Waals surface area contributed by atoms with Gasteiger partial charge in [0, 0.05) is 17.8 Å². The highest BCUT2D eigenvalue weighted by atomic mass is 16.6. The van der Waals surface area contributed by atoms with Crippen LogP contribution in [0.3, 0.4) is 0 Å². The molecule has 5 nitrogen and oxygen atoms in total. The molecule has 0 fully saturated rings. The minimum Gasteiger partial charge on any atom is -0.469 e. The van der Waals surface area contributed by atoms with Crippen LogP contribution in [0.15, 0.2) is 12.2 Å². The van der Waals surface area contributed by atoms with Crippen molar-refractivity contribution in [3.05, 3.63) is 22.3 Å². The summed E-state index contributed by atoms with van der Waals surface area (Å²) in [4.78, 5) is 21.0. The molecule has 15 heavy (non-hydrogen) atoms. The monoisotopic (exact) mass is 215 g/mol. The smallest absolute Gasteiger partial charge is 0.309 e. The van der Waals surface area contributed by atoms with Crippen molar-refractivity contribution >= 4 is 5.97 Å². The van der Waals surface area contributed by atoms with Crippen LogP contribution < -0.4 is 0 Å². The van der Waals surface area contributed by atoms with Crippen molar-refractivity contribution in [1.29, 1.82) is 0 Å². The predicted octanol–water partition coefficient (Wildman–Crippen LogP) is 1.94. The molecule has 0 aromatic carbocycles. The third-order valence-corrected chi connectivity index (χ3v) is 2.01. The van der Waals surface area contributed by atoms with E-state index in [1.807, 2.05) is 6.92 Å². The molecule has 0 aliphatic carbocycles. The number of esters is 1. The summed E-state index contributed by atoms with van der Waals surface area (Å²) in [6.07, 6.45) is 5.18. The maximum absolute atomic E-state index is 10.7. The summed E-state index contributed by atoms with van der Waals surface area (Å²) in [5.41, 5.74) is 0. The summed E-state index contributed by atoms with van der Waals surface area (Å²) in [6.45, 7) is 1.91. The van der Waals surface area contributed by atoms with Gasteiger partial charge in [-0.3, -0.25) is 14.9 Å². The van der Waals surface area contributed by atoms with Crippen LogP contribution in [0, 0.1) is 10.1 Å². The molecular formula is C10H17NO4. The van der Waals surface area contributed by atoms with Crippen LogP contribution >= 0.6 is 0 Å². The Hall–Kier alpha value is -1.39. The lowest BCUT2D eigenvalue weighted by Gasteiger charge is -2.04. The molecule has 5 heteroatoms. The first-order valence-corrected chi connectivity index (χ1v) is 4.97. The highest BCUT2D eigenvalue weighted by Gasteiger charge is 2.16. The van der Waals surface area contributed by atoms with E-state index in [9.17, 15) is 14.9 Å². The number of ether oxygens (including phenoxy) is 1. The second kappa shape index (κ2) is 7.96. The average Bonchev–Trinajstić information content (AvgIpc) is 2.21. The summed E-state index contributed by atoms with van der Waals surface area (Å²) in [5, 5.41) is 10.6. The Morgan fingerprint density at radius 2 is 2.20 bits per heavy atom. The summed E-state index contributed by atoms with van der Waals surface area (Å²) >= 11 is 0. The summed E-state index contributed by atoms with van der Waals surface area (Å²) in [7, 11) is 1.31. The molecule has 0 aromatic rings. The number of hydrogen-bond acceptors (Lipinski definition) is 4. The quantitative estimate of drug-likeness (QED) is 0.281. The van der Waals surface area contributed by atoms with Crippen LogP contribution in [0.2, 0.25) is 0 Å². The molecule has 0 saturated heterocycles. The van der Waals surface area contributed by atoms with Gasteiger partial charge in [-0.25, -0.2) is 0 Å². The Kier molecular flexibility index (Phi) is 7.23. The number of hydrogen-bond donors (Lipinski definition) is 0. The predicted molar refractivity (Wildman–Crippen MR) is 56.1 cm³/mol. The average molecular weight is 215 g/mol. The van der Waals surface area contributed by atoms with Crippen molar-refractivity contribution in [2.75, 3.05) is 7.11 Å². The van der Waals surface area contributed by atoms with Gasteiger partial charge >= 0.3 is 5.97 Å². The zero-order valence-corrected chi connectivity index (χ0v) is 9.14. The first-order valence-electron chi connectivity index (χ1n) is 4.97. The maximum atomic E-state index is 10.7. The molecule has 0 N–H and O–H groups in total. The molecule has 0 rings (SSSR count). The summed E-state index contributed by atoms with van der Waals surface area (Å²) in [6, 6.07) is -0.538. The lowest BCUT2D eigenvalue weighted by molar-refractivity contribution is -0.522. The fourth-order valence-electron chi connectivity index (χ4n) is 1.16. The molecule has 1 unspecified atom stereocenters. The molecule has 0 spiro atoms. The van der Waals surface area contributed by atoms with Crippen molar-refractivity contribution in [3.8, 4) is 0 Å². The Labute approximate surface area is 89.3 Å². The number of carbonyl (C=O) groups excluding carboxylic acids is 1. The fraction of sp³-hybridized carbons (Fsp3) is 0.700. The first-order chi connectivity index (χ1) is 7.11. The van der Waals surface area contributed by atoms with Crippen LogP contribution in [0.4, 0.5) is 0 Å². The fourth-order valence-corrected chi connectivity index (χ4v) is 1.16. The van der Waals surface area contributed by atoms with Crippen LogP contribution in [-0.4, -0.2) is 24.0 Å². The molecule has 0 amide bonds. The van der Waals surface area contributed by atoms with Gasteiger partial charge in [-0.2, -0.15) is 0 Å². The molecule has 1 atom stereocenters. The molecule has 0 aliphatic rings. The summed E-state index contributed by atoms with van der Waals surface area (Å²) in [5.74, 6) is -0.334. The zero-order chi connectivity index (χ0) is 11.7. The Balaban J connectivity index is 3.88. The third-order valence-electron chi connectivity index (χ3n) is 2.01. The van der Waals surface area contributed by atoms with Gasteiger partial charge in [0.1, 0.15) is 0 Å². The van der Waals surface area contributed by atoms with Gasteiger partial charge in [-0.05, 0) is 6.42 Å². The number of nitrogens with zero attached hydrogens (tertiary/aromatic N) is 1. The lowest BCUT2D eigenvalue weighted by atomic mass is 10.1. The highest BCUT2D eigenvalue weighted by molar-refractivity contribution is 5.70. The zero-order valence-electron chi connectivity index (χ0n) is 9.14. The Morgan fingerprint density at radius 1 is 1.53 bits per heavy atom. The third kappa shape index (κ3) is 6.65. The summed E-state index contributed by atoms with van der Waals surface area (Å²) < 4.78 is 4.43. The lowest BCUT2D eigenvalue weighted by Crippen LogP contribution is -2.17. The second-order valence-electron chi connectivity index (χ2n) is 3.22. The molecule has 0 aliphatic heterocycles. The van der Waals surface area contributed by atoms with Crippen LogP contribution in [0.25, 0.3) is 0 Å². The Bertz CT molecular complexity index is 238. The van der Waals surface area contributed by atoms with Gasteiger partial charge in [0.15, 0.2) is 0 Å². The van der Waals surface area contributed by atoms with E-state index in [1.54, 1.807) is 12.2 Å². The van der Waals surface area contributed by atoms with Crippen LogP contribution in [0.5, 0.6) is 0 Å². The number of carbonyl (C=O) groups is 1. The highest BCUT2D eigenvalue weighted by Crippen LogP contribution is 2.06. The normalized spacial score (nSPS) is 12.7. The van der Waals surface area contributed by atoms with Crippen LogP contribution in [-0.2, 0) is 9.53 Å². The Morgan fingerprint density at radius 3 is 2.67 bits per heavy atom. The van der Waals surface area contributed by atoms with E-state index in [4.69, 9.17) is 0 Å². The molecule has 0 bridgehead atoms. The minimum atomic E-state index is -0.538. The standard InChI is InChI=1S/C10H17NO4/c1-3-6-9(11(13)14)7-4-5-8-10(12)15-2/h4-5,9H,3,6-8H2,1-2H3/b5-4+. The van der Waals surface area contributed by atoms with E-state index in [0.717, 1.165) is 6.42 Å². The SMILES string of the molecule is CCCC(C/C=C/CC(=O)OC)[N+](=O)[O-]. The molecule has 0 radical (unpaired) electrons. The van der Waals surface area contributed by atoms with E-state index in [1.165, 1.54) is 7.11 Å². The number of methoxy groups -OCH3 is 1. The molecule has 0 aromatic heterocycles.